The maximum Gasteiger partial charge on any atom is 0.358 e. The van der Waals surface area contributed by atoms with Gasteiger partial charge < -0.3 is 45.0 Å². The molecular formula is C57H51N7O7S. The molecule has 3 unspecified atom stereocenters. The molecule has 15 heteroatoms. The number of carbonyl (C=O) groups excluding carboxylic acids is 3. The Balaban J connectivity index is 0.852. The predicted octanol–water partition coefficient (Wildman–Crippen LogP) is 9.70. The number of urea groups is 1. The molecule has 6 aromatic carbocycles. The van der Waals surface area contributed by atoms with E-state index in [2.05, 4.69) is 151 Å². The van der Waals surface area contributed by atoms with E-state index in [9.17, 15) is 24.3 Å². The number of amides is 4. The standard InChI is InChI=1S/C57H51N7O7S/c65-52(22-10-9-21-51-53-45(34-72-51)61-57(69)62-53)58-24-25-60-55(66)37-26-35(33-71-50-20-11-23-59-54(50)56(67)68)29-40(30-37)70-32-36-27-38(63-46-16-5-1-12-41(46)42-13-2-6-17-47(42)63)31-39(28-36)64-48-18-7-3-14-43(48)44-15-4-8-19-49(44)64/h1-8,11-20,23,26-31,45,51,53H,9-10,21-22,24-25,32-34H2,(H,58,65)(H,60,66)(H,67,68)(H2,61,62,69). The van der Waals surface area contributed by atoms with Crippen LogP contribution in [0.15, 0.2) is 152 Å². The third-order valence-electron chi connectivity index (χ3n) is 13.5. The van der Waals surface area contributed by atoms with Crippen molar-refractivity contribution in [2.45, 2.75) is 56.2 Å². The summed E-state index contributed by atoms with van der Waals surface area (Å²) in [5, 5.41) is 26.5. The quantitative estimate of drug-likeness (QED) is 0.0414. The first-order valence-corrected chi connectivity index (χ1v) is 25.2. The highest BCUT2D eigenvalue weighted by Gasteiger charge is 2.42. The van der Waals surface area contributed by atoms with Crippen LogP contribution in [0, 0.1) is 0 Å². The number of nitrogens with zero attached hydrogens (tertiary/aromatic N) is 3. The summed E-state index contributed by atoms with van der Waals surface area (Å²) in [5.41, 5.74) is 7.69. The molecule has 2 saturated heterocycles. The zero-order chi connectivity index (χ0) is 49.1. The number of aromatic carboxylic acids is 1. The number of thioether (sulfide) groups is 1. The fourth-order valence-corrected chi connectivity index (χ4v) is 11.7. The zero-order valence-electron chi connectivity index (χ0n) is 39.2. The predicted molar refractivity (Wildman–Crippen MR) is 281 cm³/mol. The molecule has 14 nitrogen and oxygen atoms in total. The van der Waals surface area contributed by atoms with Crippen LogP contribution in [0.25, 0.3) is 55.0 Å². The van der Waals surface area contributed by atoms with Crippen LogP contribution in [0.3, 0.4) is 0 Å². The lowest BCUT2D eigenvalue weighted by Crippen LogP contribution is -2.36. The highest BCUT2D eigenvalue weighted by atomic mass is 32.2. The Bertz CT molecular complexity index is 3310. The first-order chi connectivity index (χ1) is 35.3. The molecular weight excluding hydrogens is 927 g/mol. The van der Waals surface area contributed by atoms with Crippen molar-refractivity contribution in [3.8, 4) is 22.9 Å². The largest absolute Gasteiger partial charge is 0.489 e. The van der Waals surface area contributed by atoms with E-state index in [1.54, 1.807) is 24.3 Å². The third kappa shape index (κ3) is 9.38. The van der Waals surface area contributed by atoms with Gasteiger partial charge in [0, 0.05) is 75.2 Å². The van der Waals surface area contributed by atoms with Gasteiger partial charge in [0.1, 0.15) is 19.0 Å². The van der Waals surface area contributed by atoms with E-state index in [-0.39, 0.29) is 67.7 Å². The minimum atomic E-state index is -1.22. The Morgan fingerprint density at radius 2 is 1.25 bits per heavy atom. The van der Waals surface area contributed by atoms with Gasteiger partial charge in [0.05, 0.1) is 34.2 Å². The average Bonchev–Trinajstić information content (AvgIpc) is 4.16. The van der Waals surface area contributed by atoms with Crippen LogP contribution in [-0.4, -0.2) is 79.2 Å². The molecule has 5 N–H and O–H groups in total. The molecule has 3 aromatic heterocycles. The van der Waals surface area contributed by atoms with Crippen LogP contribution in [0.2, 0.25) is 0 Å². The molecule has 0 spiro atoms. The van der Waals surface area contributed by atoms with Crippen molar-refractivity contribution in [3.05, 3.63) is 174 Å². The molecule has 11 rings (SSSR count). The number of rotatable bonds is 18. The highest BCUT2D eigenvalue weighted by Crippen LogP contribution is 2.37. The van der Waals surface area contributed by atoms with Crippen molar-refractivity contribution in [3.63, 3.8) is 0 Å². The molecule has 2 aliphatic heterocycles. The molecule has 2 aliphatic rings. The van der Waals surface area contributed by atoms with Crippen LogP contribution in [0.4, 0.5) is 4.79 Å². The number of hydrogen-bond acceptors (Lipinski definition) is 8. The normalized spacial score (nSPS) is 16.2. The summed E-state index contributed by atoms with van der Waals surface area (Å²) < 4.78 is 17.2. The van der Waals surface area contributed by atoms with Gasteiger partial charge >= 0.3 is 12.0 Å². The number of nitrogens with one attached hydrogen (secondary N) is 4. The smallest absolute Gasteiger partial charge is 0.358 e. The number of fused-ring (bicyclic) bond motifs is 7. The van der Waals surface area contributed by atoms with Gasteiger partial charge in [0.2, 0.25) is 5.91 Å². The number of unbranched alkanes of at least 4 members (excludes halogenated alkanes) is 1. The number of carboxylic acids is 1. The molecule has 0 aliphatic carbocycles. The maximum atomic E-state index is 13.9. The molecule has 362 valence electrons. The summed E-state index contributed by atoms with van der Waals surface area (Å²) >= 11 is 1.86. The fourth-order valence-electron chi connectivity index (χ4n) is 10.2. The topological polar surface area (TPSA) is 178 Å². The summed E-state index contributed by atoms with van der Waals surface area (Å²) in [4.78, 5) is 54.3. The van der Waals surface area contributed by atoms with Gasteiger partial charge in [-0.2, -0.15) is 11.8 Å². The van der Waals surface area contributed by atoms with E-state index < -0.39 is 5.97 Å². The number of para-hydroxylation sites is 4. The van der Waals surface area contributed by atoms with Gasteiger partial charge in [0.25, 0.3) is 5.91 Å². The molecule has 0 saturated carbocycles. The second kappa shape index (κ2) is 20.2. The highest BCUT2D eigenvalue weighted by molar-refractivity contribution is 8.00. The number of benzene rings is 6. The molecule has 2 fully saturated rings. The summed E-state index contributed by atoms with van der Waals surface area (Å²) in [7, 11) is 0. The molecule has 72 heavy (non-hydrogen) atoms. The van der Waals surface area contributed by atoms with Crippen LogP contribution in [0.1, 0.15) is 57.7 Å². The molecule has 9 aromatic rings. The first kappa shape index (κ1) is 46.1. The van der Waals surface area contributed by atoms with Crippen LogP contribution in [0.5, 0.6) is 11.5 Å². The monoisotopic (exact) mass is 977 g/mol. The number of pyridine rings is 1. The van der Waals surface area contributed by atoms with Crippen LogP contribution in [-0.2, 0) is 18.0 Å². The fraction of sp³-hybridized carbons (Fsp3) is 0.211. The number of hydrogen-bond donors (Lipinski definition) is 5. The molecule has 3 atom stereocenters. The Morgan fingerprint density at radius 3 is 1.88 bits per heavy atom. The number of ether oxygens (including phenoxy) is 2. The summed E-state index contributed by atoms with van der Waals surface area (Å²) in [6.45, 7) is 0.487. The SMILES string of the molecule is O=C(CCCCC1SCC2NC(=O)NC21)NCCNC(=O)c1cc(COc2cccnc2C(=O)O)cc(OCc2cc(-n3c4ccccc4c4ccccc43)cc(-n3c4ccccc4c4ccccc43)c2)c1. The minimum absolute atomic E-state index is 0.0765. The average molecular weight is 978 g/mol. The van der Waals surface area contributed by atoms with Crippen molar-refractivity contribution >= 4 is 79.2 Å². The van der Waals surface area contributed by atoms with Crippen LogP contribution < -0.4 is 30.7 Å². The van der Waals surface area contributed by atoms with Gasteiger partial charge in [0.15, 0.2) is 11.4 Å². The number of carbonyl (C=O) groups is 4. The van der Waals surface area contributed by atoms with Crippen molar-refractivity contribution in [1.29, 1.82) is 0 Å². The van der Waals surface area contributed by atoms with E-state index in [0.29, 0.717) is 28.5 Å². The zero-order valence-corrected chi connectivity index (χ0v) is 40.0. The summed E-state index contributed by atoms with van der Waals surface area (Å²) in [6.07, 6.45) is 4.28. The van der Waals surface area contributed by atoms with E-state index in [1.807, 2.05) is 11.8 Å². The van der Waals surface area contributed by atoms with Gasteiger partial charge in [-0.05, 0) is 96.8 Å². The molecule has 5 heterocycles. The number of aromatic nitrogens is 3. The Hall–Kier alpha value is -8.30. The Labute approximate surface area is 418 Å². The summed E-state index contributed by atoms with van der Waals surface area (Å²) in [6, 6.07) is 48.6. The molecule has 0 bridgehead atoms. The van der Waals surface area contributed by atoms with Crippen molar-refractivity contribution < 1.29 is 33.8 Å². The number of carboxylic acid groups (broad SMARTS) is 1. The molecule has 0 radical (unpaired) electrons. The lowest BCUT2D eigenvalue weighted by atomic mass is 10.0. The van der Waals surface area contributed by atoms with Gasteiger partial charge in [-0.3, -0.25) is 9.59 Å². The van der Waals surface area contributed by atoms with Crippen molar-refractivity contribution in [2.24, 2.45) is 0 Å². The van der Waals surface area contributed by atoms with E-state index in [4.69, 9.17) is 9.47 Å². The second-order valence-corrected chi connectivity index (χ2v) is 19.4. The van der Waals surface area contributed by atoms with E-state index in [1.165, 1.54) is 12.3 Å². The van der Waals surface area contributed by atoms with Gasteiger partial charge in [-0.1, -0.05) is 79.2 Å². The molecule has 4 amide bonds. The maximum absolute atomic E-state index is 13.9. The van der Waals surface area contributed by atoms with Crippen molar-refractivity contribution in [1.82, 2.24) is 35.4 Å². The van der Waals surface area contributed by atoms with Gasteiger partial charge in [-0.15, -0.1) is 0 Å². The summed E-state index contributed by atoms with van der Waals surface area (Å²) in [5.74, 6) is -0.311. The van der Waals surface area contributed by atoms with Gasteiger partial charge in [-0.25, -0.2) is 14.6 Å². The van der Waals surface area contributed by atoms with E-state index in [0.717, 1.165) is 85.6 Å². The van der Waals surface area contributed by atoms with E-state index >= 15 is 0 Å². The minimum Gasteiger partial charge on any atom is -0.489 e. The van der Waals surface area contributed by atoms with Crippen LogP contribution >= 0.6 is 11.8 Å². The Kier molecular flexibility index (Phi) is 12.9. The third-order valence-corrected chi connectivity index (χ3v) is 15.0. The lowest BCUT2D eigenvalue weighted by molar-refractivity contribution is -0.121. The first-order valence-electron chi connectivity index (χ1n) is 24.2. The van der Waals surface area contributed by atoms with Crippen molar-refractivity contribution in [2.75, 3.05) is 18.8 Å². The Morgan fingerprint density at radius 1 is 0.667 bits per heavy atom. The second-order valence-electron chi connectivity index (χ2n) is 18.2. The lowest BCUT2D eigenvalue weighted by Gasteiger charge is -2.17.